The van der Waals surface area contributed by atoms with Crippen molar-refractivity contribution in [1.82, 2.24) is 0 Å². The Balaban J connectivity index is 2.85. The largest absolute Gasteiger partial charge is 0.469 e. The first-order valence-electron chi connectivity index (χ1n) is 5.39. The van der Waals surface area contributed by atoms with Crippen LogP contribution in [0, 0.1) is 13.8 Å². The van der Waals surface area contributed by atoms with Crippen LogP contribution in [0.2, 0.25) is 0 Å². The van der Waals surface area contributed by atoms with E-state index in [1.54, 1.807) is 6.07 Å². The quantitative estimate of drug-likeness (QED) is 0.632. The first kappa shape index (κ1) is 13.4. The highest BCUT2D eigenvalue weighted by Gasteiger charge is 2.20. The Hall–Kier alpha value is -1.68. The van der Waals surface area contributed by atoms with E-state index in [-0.39, 0.29) is 12.2 Å². The lowest BCUT2D eigenvalue weighted by Crippen LogP contribution is -2.33. The molecule has 4 heteroatoms. The zero-order chi connectivity index (χ0) is 13.0. The normalized spacial score (nSPS) is 12.0. The molecule has 0 aromatic heterocycles. The molecule has 0 saturated heterocycles. The fourth-order valence-corrected chi connectivity index (χ4v) is 1.65. The van der Waals surface area contributed by atoms with Gasteiger partial charge in [0.25, 0.3) is 0 Å². The van der Waals surface area contributed by atoms with Crippen molar-refractivity contribution in [3.63, 3.8) is 0 Å². The molecule has 1 unspecified atom stereocenters. The molecule has 0 aliphatic carbocycles. The molecule has 0 amide bonds. The molecule has 17 heavy (non-hydrogen) atoms. The molecule has 0 bridgehead atoms. The number of ether oxygens (including phenoxy) is 1. The van der Waals surface area contributed by atoms with E-state index in [0.29, 0.717) is 5.56 Å². The average molecular weight is 235 g/mol. The van der Waals surface area contributed by atoms with Gasteiger partial charge in [-0.3, -0.25) is 9.59 Å². The van der Waals surface area contributed by atoms with Gasteiger partial charge in [-0.05, 0) is 19.4 Å². The molecule has 1 aromatic carbocycles. The van der Waals surface area contributed by atoms with Crippen LogP contribution in [0.3, 0.4) is 0 Å². The average Bonchev–Trinajstić information content (AvgIpc) is 2.28. The first-order chi connectivity index (χ1) is 7.95. The van der Waals surface area contributed by atoms with Gasteiger partial charge in [0.1, 0.15) is 0 Å². The summed E-state index contributed by atoms with van der Waals surface area (Å²) in [6, 6.07) is 4.66. The van der Waals surface area contributed by atoms with Crippen molar-refractivity contribution < 1.29 is 14.3 Å². The minimum atomic E-state index is -0.844. The third-order valence-corrected chi connectivity index (χ3v) is 2.60. The maximum atomic E-state index is 12.0. The summed E-state index contributed by atoms with van der Waals surface area (Å²) in [4.78, 5) is 23.0. The molecule has 0 radical (unpaired) electrons. The summed E-state index contributed by atoms with van der Waals surface area (Å²) in [7, 11) is 1.27. The van der Waals surface area contributed by atoms with Gasteiger partial charge in [-0.15, -0.1) is 0 Å². The van der Waals surface area contributed by atoms with Crippen LogP contribution in [-0.4, -0.2) is 24.9 Å². The second-order valence-corrected chi connectivity index (χ2v) is 4.07. The lowest BCUT2D eigenvalue weighted by Gasteiger charge is -2.11. The first-order valence-corrected chi connectivity index (χ1v) is 5.39. The predicted octanol–water partition coefficient (Wildman–Crippen LogP) is 1.38. The van der Waals surface area contributed by atoms with Crippen LogP contribution in [0.4, 0.5) is 0 Å². The zero-order valence-corrected chi connectivity index (χ0v) is 10.3. The molecule has 2 N–H and O–H groups in total. The highest BCUT2D eigenvalue weighted by Crippen LogP contribution is 2.13. The molecule has 1 rings (SSSR count). The molecule has 0 fully saturated rings. The van der Waals surface area contributed by atoms with E-state index in [2.05, 4.69) is 4.74 Å². The number of hydrogen-bond acceptors (Lipinski definition) is 4. The molecule has 1 atom stereocenters. The number of aryl methyl sites for hydroxylation is 2. The second kappa shape index (κ2) is 5.59. The van der Waals surface area contributed by atoms with Crippen molar-refractivity contribution in [1.29, 1.82) is 0 Å². The summed E-state index contributed by atoms with van der Waals surface area (Å²) >= 11 is 0. The monoisotopic (exact) mass is 235 g/mol. The zero-order valence-electron chi connectivity index (χ0n) is 10.3. The highest BCUT2D eigenvalue weighted by molar-refractivity contribution is 6.02. The van der Waals surface area contributed by atoms with Crippen LogP contribution in [-0.2, 0) is 9.53 Å². The van der Waals surface area contributed by atoms with Crippen molar-refractivity contribution in [3.05, 3.63) is 34.9 Å². The van der Waals surface area contributed by atoms with Crippen molar-refractivity contribution in [2.24, 2.45) is 5.73 Å². The Labute approximate surface area is 101 Å². The number of esters is 1. The van der Waals surface area contributed by atoms with Crippen LogP contribution in [0.15, 0.2) is 18.2 Å². The number of carbonyl (C=O) groups excluding carboxylic acids is 2. The maximum absolute atomic E-state index is 12.0. The van der Waals surface area contributed by atoms with Crippen molar-refractivity contribution in [2.45, 2.75) is 26.3 Å². The molecule has 0 spiro atoms. The predicted molar refractivity (Wildman–Crippen MR) is 64.9 cm³/mol. The van der Waals surface area contributed by atoms with E-state index >= 15 is 0 Å². The summed E-state index contributed by atoms with van der Waals surface area (Å²) in [5, 5.41) is 0. The van der Waals surface area contributed by atoms with Crippen LogP contribution in [0.25, 0.3) is 0 Å². The van der Waals surface area contributed by atoms with Crippen LogP contribution in [0.1, 0.15) is 27.9 Å². The van der Waals surface area contributed by atoms with Crippen LogP contribution >= 0.6 is 0 Å². The Morgan fingerprint density at radius 3 is 2.53 bits per heavy atom. The number of nitrogens with two attached hydrogens (primary N) is 1. The van der Waals surface area contributed by atoms with Crippen molar-refractivity contribution in [2.75, 3.05) is 7.11 Å². The maximum Gasteiger partial charge on any atom is 0.307 e. The lowest BCUT2D eigenvalue weighted by atomic mass is 9.97. The molecule has 0 aliphatic rings. The molecule has 92 valence electrons. The number of methoxy groups -OCH3 is 1. The Morgan fingerprint density at radius 1 is 1.35 bits per heavy atom. The molecular weight excluding hydrogens is 218 g/mol. The SMILES string of the molecule is COC(=O)CC(N)C(=O)c1ccc(C)cc1C. The summed E-state index contributed by atoms with van der Waals surface area (Å²) in [6.07, 6.45) is -0.0946. The van der Waals surface area contributed by atoms with Crippen molar-refractivity contribution in [3.8, 4) is 0 Å². The van der Waals surface area contributed by atoms with Crippen LogP contribution < -0.4 is 5.73 Å². The smallest absolute Gasteiger partial charge is 0.307 e. The lowest BCUT2D eigenvalue weighted by molar-refractivity contribution is -0.140. The van der Waals surface area contributed by atoms with Gasteiger partial charge in [0.15, 0.2) is 5.78 Å². The number of ketones is 1. The van der Waals surface area contributed by atoms with Gasteiger partial charge in [0, 0.05) is 5.56 Å². The van der Waals surface area contributed by atoms with Gasteiger partial charge in [0.05, 0.1) is 19.6 Å². The fourth-order valence-electron chi connectivity index (χ4n) is 1.65. The van der Waals surface area contributed by atoms with Gasteiger partial charge < -0.3 is 10.5 Å². The summed E-state index contributed by atoms with van der Waals surface area (Å²) in [6.45, 7) is 3.81. The summed E-state index contributed by atoms with van der Waals surface area (Å²) < 4.78 is 4.49. The van der Waals surface area contributed by atoms with Crippen molar-refractivity contribution >= 4 is 11.8 Å². The van der Waals surface area contributed by atoms with Gasteiger partial charge in [0.2, 0.25) is 0 Å². The number of Topliss-reactive ketones (excluding diaryl/α,β-unsaturated/α-hetero) is 1. The van der Waals surface area contributed by atoms with Gasteiger partial charge >= 0.3 is 5.97 Å². The van der Waals surface area contributed by atoms with Gasteiger partial charge in [-0.2, -0.15) is 0 Å². The van der Waals surface area contributed by atoms with E-state index in [0.717, 1.165) is 11.1 Å². The molecule has 0 aliphatic heterocycles. The van der Waals surface area contributed by atoms with E-state index in [1.807, 2.05) is 26.0 Å². The number of rotatable bonds is 4. The number of hydrogen-bond donors (Lipinski definition) is 1. The Bertz CT molecular complexity index is 440. The molecule has 0 saturated carbocycles. The summed E-state index contributed by atoms with van der Waals surface area (Å²) in [5.74, 6) is -0.705. The number of benzene rings is 1. The fraction of sp³-hybridized carbons (Fsp3) is 0.385. The Kier molecular flexibility index (Phi) is 4.40. The van der Waals surface area contributed by atoms with Gasteiger partial charge in [-0.1, -0.05) is 23.8 Å². The second-order valence-electron chi connectivity index (χ2n) is 4.07. The minimum absolute atomic E-state index is 0.0946. The van der Waals surface area contributed by atoms with E-state index in [4.69, 9.17) is 5.73 Å². The topological polar surface area (TPSA) is 69.4 Å². The standard InChI is InChI=1S/C13H17NO3/c1-8-4-5-10(9(2)6-8)13(16)11(14)7-12(15)17-3/h4-6,11H,7,14H2,1-3H3. The molecule has 0 heterocycles. The number of carbonyl (C=O) groups is 2. The third-order valence-electron chi connectivity index (χ3n) is 2.60. The highest BCUT2D eigenvalue weighted by atomic mass is 16.5. The third kappa shape index (κ3) is 3.39. The molecule has 4 nitrogen and oxygen atoms in total. The van der Waals surface area contributed by atoms with Crippen LogP contribution in [0.5, 0.6) is 0 Å². The molecule has 1 aromatic rings. The van der Waals surface area contributed by atoms with Gasteiger partial charge in [-0.25, -0.2) is 0 Å². The molecular formula is C13H17NO3. The van der Waals surface area contributed by atoms with E-state index in [1.165, 1.54) is 7.11 Å². The minimum Gasteiger partial charge on any atom is -0.469 e. The summed E-state index contributed by atoms with van der Waals surface area (Å²) in [5.41, 5.74) is 8.20. The van der Waals surface area contributed by atoms with E-state index < -0.39 is 12.0 Å². The van der Waals surface area contributed by atoms with E-state index in [9.17, 15) is 9.59 Å². The Morgan fingerprint density at radius 2 is 2.00 bits per heavy atom.